The van der Waals surface area contributed by atoms with Crippen LogP contribution in [0, 0.1) is 0 Å². The summed E-state index contributed by atoms with van der Waals surface area (Å²) in [5.74, 6) is 8.08. The van der Waals surface area contributed by atoms with Crippen molar-refractivity contribution in [2.75, 3.05) is 12.2 Å². The largest absolute Gasteiger partial charge is 0.454 e. The van der Waals surface area contributed by atoms with Gasteiger partial charge in [-0.1, -0.05) is 13.8 Å². The Labute approximate surface area is 105 Å². The number of hydrogen-bond acceptors (Lipinski definition) is 5. The van der Waals surface area contributed by atoms with Crippen LogP contribution < -0.4 is 20.7 Å². The van der Waals surface area contributed by atoms with Crippen LogP contribution in [0.2, 0.25) is 0 Å². The average Bonchev–Trinajstić information content (AvgIpc) is 2.81. The van der Waals surface area contributed by atoms with Crippen LogP contribution in [0.15, 0.2) is 18.2 Å². The van der Waals surface area contributed by atoms with E-state index < -0.39 is 0 Å². The molecule has 0 saturated heterocycles. The van der Waals surface area contributed by atoms with Crippen LogP contribution >= 0.6 is 0 Å². The van der Waals surface area contributed by atoms with Gasteiger partial charge >= 0.3 is 0 Å². The summed E-state index contributed by atoms with van der Waals surface area (Å²) in [5, 5.41) is 1.03. The number of nitrogens with zero attached hydrogens (tertiary/aromatic N) is 1. The number of hydrogen-bond donors (Lipinski definition) is 2. The van der Waals surface area contributed by atoms with Gasteiger partial charge in [-0.25, -0.2) is 10.8 Å². The molecule has 1 aliphatic rings. The van der Waals surface area contributed by atoms with E-state index >= 15 is 0 Å². The van der Waals surface area contributed by atoms with E-state index in [-0.39, 0.29) is 6.79 Å². The van der Waals surface area contributed by atoms with Gasteiger partial charge in [-0.2, -0.15) is 0 Å². The molecule has 0 radical (unpaired) electrons. The second kappa shape index (κ2) is 4.03. The number of pyridine rings is 1. The van der Waals surface area contributed by atoms with Crippen LogP contribution in [0.25, 0.3) is 10.9 Å². The van der Waals surface area contributed by atoms with Crippen molar-refractivity contribution in [1.29, 1.82) is 0 Å². The Hall–Kier alpha value is -2.01. The molecule has 5 nitrogen and oxygen atoms in total. The Kier molecular flexibility index (Phi) is 2.48. The monoisotopic (exact) mass is 245 g/mol. The third-order valence-electron chi connectivity index (χ3n) is 3.10. The fraction of sp³-hybridized carbons (Fsp3) is 0.308. The first-order chi connectivity index (χ1) is 8.69. The SMILES string of the molecule is CC(C)c1cc2cc3c(cc2nc1NN)OCO3. The molecule has 18 heavy (non-hydrogen) atoms. The van der Waals surface area contributed by atoms with Gasteiger partial charge in [0, 0.05) is 11.5 Å². The summed E-state index contributed by atoms with van der Waals surface area (Å²) in [5.41, 5.74) is 4.58. The zero-order chi connectivity index (χ0) is 12.7. The van der Waals surface area contributed by atoms with E-state index in [0.29, 0.717) is 11.7 Å². The Balaban J connectivity index is 2.24. The molecule has 0 bridgehead atoms. The lowest BCUT2D eigenvalue weighted by Crippen LogP contribution is -2.11. The van der Waals surface area contributed by atoms with Crippen LogP contribution in [-0.4, -0.2) is 11.8 Å². The number of nitrogens with two attached hydrogens (primary N) is 1. The molecular formula is C13H15N3O2. The molecule has 3 rings (SSSR count). The van der Waals surface area contributed by atoms with E-state index in [4.69, 9.17) is 15.3 Å². The molecular weight excluding hydrogens is 230 g/mol. The van der Waals surface area contributed by atoms with Gasteiger partial charge < -0.3 is 14.9 Å². The van der Waals surface area contributed by atoms with Gasteiger partial charge in [0.15, 0.2) is 11.5 Å². The van der Waals surface area contributed by atoms with Crippen molar-refractivity contribution in [1.82, 2.24) is 4.98 Å². The van der Waals surface area contributed by atoms with Crippen LogP contribution in [0.5, 0.6) is 11.5 Å². The van der Waals surface area contributed by atoms with Crippen molar-refractivity contribution in [2.45, 2.75) is 19.8 Å². The highest BCUT2D eigenvalue weighted by Crippen LogP contribution is 2.37. The summed E-state index contributed by atoms with van der Waals surface area (Å²) in [4.78, 5) is 4.52. The molecule has 1 aromatic carbocycles. The molecule has 0 spiro atoms. The Bertz CT molecular complexity index is 611. The molecule has 0 fully saturated rings. The molecule has 5 heteroatoms. The molecule has 0 saturated carbocycles. The zero-order valence-electron chi connectivity index (χ0n) is 10.4. The number of nitrogen functional groups attached to an aromatic ring is 1. The van der Waals surface area contributed by atoms with Gasteiger partial charge in [0.1, 0.15) is 5.82 Å². The first-order valence-corrected chi connectivity index (χ1v) is 5.90. The van der Waals surface area contributed by atoms with Crippen LogP contribution in [0.1, 0.15) is 25.3 Å². The number of nitrogens with one attached hydrogen (secondary N) is 1. The quantitative estimate of drug-likeness (QED) is 0.628. The maximum Gasteiger partial charge on any atom is 0.231 e. The van der Waals surface area contributed by atoms with Gasteiger partial charge in [-0.15, -0.1) is 0 Å². The predicted molar refractivity (Wildman–Crippen MR) is 69.8 cm³/mol. The Morgan fingerprint density at radius 2 is 1.94 bits per heavy atom. The second-order valence-electron chi connectivity index (χ2n) is 4.62. The van der Waals surface area contributed by atoms with E-state index in [1.165, 1.54) is 0 Å². The Morgan fingerprint density at radius 1 is 1.22 bits per heavy atom. The van der Waals surface area contributed by atoms with Crippen LogP contribution in [0.3, 0.4) is 0 Å². The highest BCUT2D eigenvalue weighted by atomic mass is 16.7. The number of benzene rings is 1. The van der Waals surface area contributed by atoms with Crippen molar-refractivity contribution in [3.05, 3.63) is 23.8 Å². The molecule has 2 aromatic rings. The van der Waals surface area contributed by atoms with Gasteiger partial charge in [-0.05, 0) is 23.6 Å². The highest BCUT2D eigenvalue weighted by molar-refractivity contribution is 5.85. The summed E-state index contributed by atoms with van der Waals surface area (Å²) in [6.45, 7) is 4.48. The number of aromatic nitrogens is 1. The average molecular weight is 245 g/mol. The zero-order valence-corrected chi connectivity index (χ0v) is 10.4. The molecule has 0 aliphatic carbocycles. The lowest BCUT2D eigenvalue weighted by Gasteiger charge is -2.13. The van der Waals surface area contributed by atoms with Gasteiger partial charge in [0.2, 0.25) is 6.79 Å². The second-order valence-corrected chi connectivity index (χ2v) is 4.62. The summed E-state index contributed by atoms with van der Waals surface area (Å²) in [7, 11) is 0. The van der Waals surface area contributed by atoms with Gasteiger partial charge in [0.25, 0.3) is 0 Å². The number of fused-ring (bicyclic) bond motifs is 2. The molecule has 94 valence electrons. The summed E-state index contributed by atoms with van der Waals surface area (Å²) >= 11 is 0. The lowest BCUT2D eigenvalue weighted by molar-refractivity contribution is 0.174. The number of hydrazine groups is 1. The van der Waals surface area contributed by atoms with E-state index in [0.717, 1.165) is 28.0 Å². The summed E-state index contributed by atoms with van der Waals surface area (Å²) in [6, 6.07) is 5.92. The van der Waals surface area contributed by atoms with Crippen molar-refractivity contribution >= 4 is 16.7 Å². The topological polar surface area (TPSA) is 69.4 Å². The minimum atomic E-state index is 0.269. The number of ether oxygens (including phenoxy) is 2. The van der Waals surface area contributed by atoms with E-state index in [1.54, 1.807) is 0 Å². The third kappa shape index (κ3) is 1.64. The molecule has 3 N–H and O–H groups in total. The molecule has 0 atom stereocenters. The molecule has 0 amide bonds. The molecule has 2 heterocycles. The van der Waals surface area contributed by atoms with Crippen molar-refractivity contribution in [3.8, 4) is 11.5 Å². The fourth-order valence-corrected chi connectivity index (χ4v) is 2.14. The van der Waals surface area contributed by atoms with Crippen LogP contribution in [0.4, 0.5) is 5.82 Å². The van der Waals surface area contributed by atoms with Crippen molar-refractivity contribution < 1.29 is 9.47 Å². The normalized spacial score (nSPS) is 13.3. The van der Waals surface area contributed by atoms with E-state index in [1.807, 2.05) is 12.1 Å². The van der Waals surface area contributed by atoms with Gasteiger partial charge in [0.05, 0.1) is 5.52 Å². The minimum absolute atomic E-state index is 0.269. The standard InChI is InChI=1S/C13H15N3O2/c1-7(2)9-3-8-4-11-12(18-6-17-11)5-10(8)15-13(9)16-14/h3-5,7H,6,14H2,1-2H3,(H,15,16). The van der Waals surface area contributed by atoms with Gasteiger partial charge in [-0.3, -0.25) is 0 Å². The van der Waals surface area contributed by atoms with Crippen molar-refractivity contribution in [3.63, 3.8) is 0 Å². The van der Waals surface area contributed by atoms with E-state index in [2.05, 4.69) is 30.3 Å². The first kappa shape index (κ1) is 11.1. The first-order valence-electron chi connectivity index (χ1n) is 5.90. The number of rotatable bonds is 2. The molecule has 0 unspecified atom stereocenters. The van der Waals surface area contributed by atoms with E-state index in [9.17, 15) is 0 Å². The minimum Gasteiger partial charge on any atom is -0.454 e. The maximum absolute atomic E-state index is 5.52. The lowest BCUT2D eigenvalue weighted by atomic mass is 10.0. The summed E-state index contributed by atoms with van der Waals surface area (Å²) in [6.07, 6.45) is 0. The third-order valence-corrected chi connectivity index (χ3v) is 3.10. The predicted octanol–water partition coefficient (Wildman–Crippen LogP) is 2.37. The number of anilines is 1. The fourth-order valence-electron chi connectivity index (χ4n) is 2.14. The molecule has 1 aromatic heterocycles. The van der Waals surface area contributed by atoms with Crippen LogP contribution in [-0.2, 0) is 0 Å². The smallest absolute Gasteiger partial charge is 0.231 e. The van der Waals surface area contributed by atoms with Crippen molar-refractivity contribution in [2.24, 2.45) is 5.84 Å². The maximum atomic E-state index is 5.52. The highest BCUT2D eigenvalue weighted by Gasteiger charge is 2.16. The molecule has 1 aliphatic heterocycles. The Morgan fingerprint density at radius 3 is 2.61 bits per heavy atom. The summed E-state index contributed by atoms with van der Waals surface area (Å²) < 4.78 is 10.7.